The summed E-state index contributed by atoms with van der Waals surface area (Å²) in [5.74, 6) is 0.643. The van der Waals surface area contributed by atoms with Crippen molar-refractivity contribution in [2.24, 2.45) is 4.99 Å². The molecule has 1 atom stereocenters. The molecule has 0 bridgehead atoms. The number of nitrogens with zero attached hydrogens (tertiary/aromatic N) is 2. The summed E-state index contributed by atoms with van der Waals surface area (Å²) in [5.41, 5.74) is 1.06. The van der Waals surface area contributed by atoms with Crippen molar-refractivity contribution >= 4 is 47.4 Å². The van der Waals surface area contributed by atoms with Crippen molar-refractivity contribution in [3.63, 3.8) is 0 Å². The van der Waals surface area contributed by atoms with Crippen molar-refractivity contribution in [3.05, 3.63) is 34.9 Å². The third-order valence-corrected chi connectivity index (χ3v) is 3.49. The molecule has 0 aliphatic heterocycles. The Morgan fingerprint density at radius 3 is 2.43 bits per heavy atom. The Morgan fingerprint density at radius 1 is 1.30 bits per heavy atom. The van der Waals surface area contributed by atoms with Crippen LogP contribution in [-0.4, -0.2) is 43.4 Å². The normalized spacial score (nSPS) is 12.1. The second-order valence-corrected chi connectivity index (χ2v) is 5.82. The van der Waals surface area contributed by atoms with Gasteiger partial charge in [-0.25, -0.2) is 4.99 Å². The highest BCUT2D eigenvalue weighted by Gasteiger charge is 2.07. The van der Waals surface area contributed by atoms with E-state index in [1.807, 2.05) is 24.3 Å². The monoisotopic (exact) mass is 452 g/mol. The Morgan fingerprint density at radius 2 is 1.91 bits per heavy atom. The lowest BCUT2D eigenvalue weighted by Gasteiger charge is -2.18. The van der Waals surface area contributed by atoms with Gasteiger partial charge < -0.3 is 15.5 Å². The first kappa shape index (κ1) is 22.0. The smallest absolute Gasteiger partial charge is 0.241 e. The molecule has 0 spiro atoms. The number of rotatable bonds is 6. The lowest BCUT2D eigenvalue weighted by molar-refractivity contribution is -0.127. The maximum Gasteiger partial charge on any atom is 0.241 e. The third-order valence-electron chi connectivity index (χ3n) is 3.23. The molecule has 1 rings (SSSR count). The molecule has 130 valence electrons. The van der Waals surface area contributed by atoms with E-state index >= 15 is 0 Å². The summed E-state index contributed by atoms with van der Waals surface area (Å²) >= 11 is 5.87. The molecule has 0 heterocycles. The van der Waals surface area contributed by atoms with Crippen LogP contribution in [0.2, 0.25) is 5.02 Å². The number of halogens is 2. The second kappa shape index (κ2) is 11.5. The van der Waals surface area contributed by atoms with Crippen LogP contribution in [0.1, 0.15) is 25.8 Å². The molecule has 23 heavy (non-hydrogen) atoms. The van der Waals surface area contributed by atoms with Crippen LogP contribution < -0.4 is 10.6 Å². The van der Waals surface area contributed by atoms with E-state index in [2.05, 4.69) is 29.5 Å². The number of amides is 1. The quantitative estimate of drug-likeness (QED) is 0.396. The van der Waals surface area contributed by atoms with E-state index in [1.165, 1.54) is 0 Å². The van der Waals surface area contributed by atoms with E-state index in [-0.39, 0.29) is 42.5 Å². The third kappa shape index (κ3) is 9.00. The van der Waals surface area contributed by atoms with Crippen LogP contribution in [-0.2, 0) is 11.3 Å². The van der Waals surface area contributed by atoms with Crippen molar-refractivity contribution in [2.75, 3.05) is 20.6 Å². The molecule has 0 fully saturated rings. The summed E-state index contributed by atoms with van der Waals surface area (Å²) in [4.78, 5) is 17.8. The molecule has 2 N–H and O–H groups in total. The molecule has 1 amide bonds. The number of carbonyl (C=O) groups excluding carboxylic acids is 1. The minimum absolute atomic E-state index is 0. The van der Waals surface area contributed by atoms with E-state index in [1.54, 1.807) is 19.0 Å². The van der Waals surface area contributed by atoms with Crippen molar-refractivity contribution in [3.8, 4) is 0 Å². The molecular weight excluding hydrogens is 427 g/mol. The Bertz CT molecular complexity index is 505. The predicted molar refractivity (Wildman–Crippen MR) is 108 cm³/mol. The van der Waals surface area contributed by atoms with Crippen molar-refractivity contribution in [1.29, 1.82) is 0 Å². The fourth-order valence-electron chi connectivity index (χ4n) is 1.57. The molecule has 0 radical (unpaired) electrons. The lowest BCUT2D eigenvalue weighted by atomic mass is 10.2. The maximum atomic E-state index is 11.7. The zero-order valence-corrected chi connectivity index (χ0v) is 17.2. The van der Waals surface area contributed by atoms with Crippen LogP contribution in [0, 0.1) is 0 Å². The van der Waals surface area contributed by atoms with Gasteiger partial charge in [-0.05, 0) is 31.0 Å². The van der Waals surface area contributed by atoms with Crippen LogP contribution in [0.4, 0.5) is 0 Å². The maximum absolute atomic E-state index is 11.7. The Balaban J connectivity index is 0.00000484. The fraction of sp³-hybridized carbons (Fsp3) is 0.500. The number of hydrogen-bond donors (Lipinski definition) is 2. The zero-order chi connectivity index (χ0) is 16.5. The van der Waals surface area contributed by atoms with Crippen molar-refractivity contribution in [2.45, 2.75) is 32.9 Å². The highest BCUT2D eigenvalue weighted by molar-refractivity contribution is 14.0. The number of aliphatic imine (C=N–C) groups is 1. The summed E-state index contributed by atoms with van der Waals surface area (Å²) in [6.07, 6.45) is 0.975. The molecule has 0 aromatic heterocycles. The molecular formula is C16H26ClIN4O. The molecule has 0 aliphatic carbocycles. The van der Waals surface area contributed by atoms with Gasteiger partial charge in [0, 0.05) is 25.2 Å². The molecule has 0 saturated carbocycles. The standard InChI is InChI=1S/C16H25ClN4O.HI/c1-5-12(2)20-16(19-11-15(22)21(3)4)18-10-13-6-8-14(17)9-7-13;/h6-9,12H,5,10-11H2,1-4H3,(H2,18,19,20);1H. The van der Waals surface area contributed by atoms with Gasteiger partial charge in [0.25, 0.3) is 0 Å². The molecule has 7 heteroatoms. The molecule has 1 aromatic rings. The van der Waals surface area contributed by atoms with Crippen molar-refractivity contribution in [1.82, 2.24) is 15.5 Å². The first-order valence-corrected chi connectivity index (χ1v) is 7.79. The average molecular weight is 453 g/mol. The highest BCUT2D eigenvalue weighted by atomic mass is 127. The van der Waals surface area contributed by atoms with Gasteiger partial charge in [-0.1, -0.05) is 30.7 Å². The van der Waals surface area contributed by atoms with E-state index in [0.29, 0.717) is 17.5 Å². The largest absolute Gasteiger partial charge is 0.354 e. The van der Waals surface area contributed by atoms with Gasteiger partial charge in [0.1, 0.15) is 0 Å². The van der Waals surface area contributed by atoms with E-state index < -0.39 is 0 Å². The summed E-state index contributed by atoms with van der Waals surface area (Å²) in [6, 6.07) is 7.86. The minimum Gasteiger partial charge on any atom is -0.354 e. The van der Waals surface area contributed by atoms with Crippen LogP contribution in [0.15, 0.2) is 29.3 Å². The molecule has 1 aromatic carbocycles. The van der Waals surface area contributed by atoms with Crippen LogP contribution >= 0.6 is 35.6 Å². The first-order chi connectivity index (χ1) is 10.4. The van der Waals surface area contributed by atoms with Crippen LogP contribution in [0.3, 0.4) is 0 Å². The van der Waals surface area contributed by atoms with Gasteiger partial charge in [-0.3, -0.25) is 4.79 Å². The number of guanidine groups is 1. The average Bonchev–Trinajstić information content (AvgIpc) is 2.50. The number of likely N-dealkylation sites (N-methyl/N-ethyl adjacent to an activating group) is 1. The second-order valence-electron chi connectivity index (χ2n) is 5.39. The lowest BCUT2D eigenvalue weighted by Crippen LogP contribution is -2.45. The topological polar surface area (TPSA) is 56.7 Å². The van der Waals surface area contributed by atoms with Gasteiger partial charge in [-0.2, -0.15) is 0 Å². The van der Waals surface area contributed by atoms with E-state index in [4.69, 9.17) is 11.6 Å². The number of carbonyl (C=O) groups is 1. The van der Waals surface area contributed by atoms with Crippen LogP contribution in [0.25, 0.3) is 0 Å². The number of hydrogen-bond acceptors (Lipinski definition) is 2. The van der Waals surface area contributed by atoms with Gasteiger partial charge in [0.15, 0.2) is 5.96 Å². The summed E-state index contributed by atoms with van der Waals surface area (Å²) < 4.78 is 0. The molecule has 0 saturated heterocycles. The summed E-state index contributed by atoms with van der Waals surface area (Å²) in [7, 11) is 3.47. The van der Waals surface area contributed by atoms with Gasteiger partial charge in [0.05, 0.1) is 13.1 Å². The SMILES string of the molecule is CCC(C)NC(=NCc1ccc(Cl)cc1)NCC(=O)N(C)C.I. The summed E-state index contributed by atoms with van der Waals surface area (Å²) in [6.45, 7) is 4.92. The fourth-order valence-corrected chi connectivity index (χ4v) is 1.69. The van der Waals surface area contributed by atoms with E-state index in [0.717, 1.165) is 12.0 Å². The minimum atomic E-state index is 0. The molecule has 5 nitrogen and oxygen atoms in total. The van der Waals surface area contributed by atoms with Gasteiger partial charge in [0.2, 0.25) is 5.91 Å². The summed E-state index contributed by atoms with van der Waals surface area (Å²) in [5, 5.41) is 7.06. The molecule has 1 unspecified atom stereocenters. The van der Waals surface area contributed by atoms with Gasteiger partial charge >= 0.3 is 0 Å². The number of benzene rings is 1. The predicted octanol–water partition coefficient (Wildman–Crippen LogP) is 2.88. The Hall–Kier alpha value is -1.02. The van der Waals surface area contributed by atoms with Crippen molar-refractivity contribution < 1.29 is 4.79 Å². The first-order valence-electron chi connectivity index (χ1n) is 7.41. The Kier molecular flexibility index (Phi) is 11.0. The molecule has 0 aliphatic rings. The van der Waals surface area contributed by atoms with Gasteiger partial charge in [-0.15, -0.1) is 24.0 Å². The van der Waals surface area contributed by atoms with Crippen LogP contribution in [0.5, 0.6) is 0 Å². The van der Waals surface area contributed by atoms with E-state index in [9.17, 15) is 4.79 Å². The highest BCUT2D eigenvalue weighted by Crippen LogP contribution is 2.10. The Labute approximate surface area is 160 Å². The zero-order valence-electron chi connectivity index (χ0n) is 14.1. The number of nitrogens with one attached hydrogen (secondary N) is 2.